The largest absolute Gasteiger partial charge is 0.299 e. The molecule has 130 valence electrons. The third-order valence-corrected chi connectivity index (χ3v) is 4.34. The number of hydrogen-bond acceptors (Lipinski definition) is 1. The third-order valence-electron chi connectivity index (χ3n) is 4.34. The highest BCUT2D eigenvalue weighted by molar-refractivity contribution is 5.19. The van der Waals surface area contributed by atoms with Crippen LogP contribution in [-0.4, -0.2) is 24.0 Å². The second-order valence-corrected chi connectivity index (χ2v) is 7.77. The summed E-state index contributed by atoms with van der Waals surface area (Å²) in [4.78, 5) is 2.72. The van der Waals surface area contributed by atoms with Crippen molar-refractivity contribution in [3.05, 3.63) is 71.8 Å². The summed E-state index contributed by atoms with van der Waals surface area (Å²) in [5.74, 6) is 1.38. The normalized spacial score (nSPS) is 11.8. The highest BCUT2D eigenvalue weighted by Crippen LogP contribution is 2.18. The van der Waals surface area contributed by atoms with Gasteiger partial charge in [0.25, 0.3) is 0 Å². The molecule has 0 fully saturated rings. The number of nitrogens with zero attached hydrogens (tertiary/aromatic N) is 1. The maximum Gasteiger partial charge on any atom is 0.0176 e. The zero-order valence-electron chi connectivity index (χ0n) is 15.8. The second kappa shape index (κ2) is 9.64. The van der Waals surface area contributed by atoms with Crippen LogP contribution in [0.15, 0.2) is 60.7 Å². The first-order valence-corrected chi connectivity index (χ1v) is 9.36. The van der Waals surface area contributed by atoms with Crippen molar-refractivity contribution in [2.45, 2.75) is 46.6 Å². The van der Waals surface area contributed by atoms with Gasteiger partial charge in [-0.2, -0.15) is 0 Å². The van der Waals surface area contributed by atoms with E-state index < -0.39 is 0 Å². The fourth-order valence-corrected chi connectivity index (χ4v) is 3.41. The van der Waals surface area contributed by atoms with Gasteiger partial charge in [0.1, 0.15) is 0 Å². The minimum Gasteiger partial charge on any atom is -0.299 e. The first-order valence-electron chi connectivity index (χ1n) is 9.36. The molecule has 0 N–H and O–H groups in total. The van der Waals surface area contributed by atoms with E-state index >= 15 is 0 Å². The molecule has 1 nitrogen and oxygen atoms in total. The second-order valence-electron chi connectivity index (χ2n) is 7.77. The van der Waals surface area contributed by atoms with Crippen LogP contribution in [0.1, 0.15) is 38.8 Å². The van der Waals surface area contributed by atoms with E-state index in [2.05, 4.69) is 93.3 Å². The van der Waals surface area contributed by atoms with Gasteiger partial charge < -0.3 is 0 Å². The maximum absolute atomic E-state index is 2.72. The molecule has 0 atom stereocenters. The molecule has 2 aromatic rings. The van der Waals surface area contributed by atoms with Crippen molar-refractivity contribution in [3.63, 3.8) is 0 Å². The summed E-state index contributed by atoms with van der Waals surface area (Å²) in [5, 5.41) is 0. The molecule has 2 aromatic carbocycles. The molecule has 0 unspecified atom stereocenters. The molecule has 0 heterocycles. The fraction of sp³-hybridized carbons (Fsp3) is 0.478. The van der Waals surface area contributed by atoms with Crippen LogP contribution in [0.3, 0.4) is 0 Å². The molecule has 24 heavy (non-hydrogen) atoms. The fourth-order valence-electron chi connectivity index (χ4n) is 3.41. The Labute approximate surface area is 148 Å². The Bertz CT molecular complexity index is 508. The van der Waals surface area contributed by atoms with Crippen LogP contribution in [0.2, 0.25) is 0 Å². The summed E-state index contributed by atoms with van der Waals surface area (Å²) in [6.07, 6.45) is 2.24. The van der Waals surface area contributed by atoms with Gasteiger partial charge in [0.2, 0.25) is 0 Å². The molecule has 0 bridgehead atoms. The lowest BCUT2D eigenvalue weighted by Crippen LogP contribution is -2.42. The van der Waals surface area contributed by atoms with E-state index in [-0.39, 0.29) is 0 Å². The van der Waals surface area contributed by atoms with Crippen LogP contribution < -0.4 is 0 Å². The standard InChI is InChI=1S/C23H33N/c1-19(2)17-24(18-20(3)4)23(15-21-11-7-5-8-12-21)16-22-13-9-6-10-14-22/h5-14,19-20,23H,15-18H2,1-4H3. The van der Waals surface area contributed by atoms with Gasteiger partial charge in [0.05, 0.1) is 0 Å². The van der Waals surface area contributed by atoms with Gasteiger partial charge in [-0.15, -0.1) is 0 Å². The van der Waals surface area contributed by atoms with Crippen molar-refractivity contribution in [2.75, 3.05) is 13.1 Å². The highest BCUT2D eigenvalue weighted by atomic mass is 15.2. The van der Waals surface area contributed by atoms with E-state index in [0.29, 0.717) is 17.9 Å². The van der Waals surface area contributed by atoms with Gasteiger partial charge in [-0.3, -0.25) is 4.90 Å². The lowest BCUT2D eigenvalue weighted by molar-refractivity contribution is 0.153. The number of hydrogen-bond donors (Lipinski definition) is 0. The summed E-state index contributed by atoms with van der Waals surface area (Å²) >= 11 is 0. The molecule has 0 aliphatic carbocycles. The molecule has 0 saturated heterocycles. The van der Waals surface area contributed by atoms with Crippen molar-refractivity contribution in [3.8, 4) is 0 Å². The average molecular weight is 324 g/mol. The van der Waals surface area contributed by atoms with Crippen molar-refractivity contribution < 1.29 is 0 Å². The quantitative estimate of drug-likeness (QED) is 0.593. The van der Waals surface area contributed by atoms with Gasteiger partial charge >= 0.3 is 0 Å². The van der Waals surface area contributed by atoms with Gasteiger partial charge in [0.15, 0.2) is 0 Å². The topological polar surface area (TPSA) is 3.24 Å². The summed E-state index contributed by atoms with van der Waals surface area (Å²) in [6.45, 7) is 11.7. The van der Waals surface area contributed by atoms with Crippen LogP contribution in [0.4, 0.5) is 0 Å². The SMILES string of the molecule is CC(C)CN(CC(C)C)C(Cc1ccccc1)Cc1ccccc1. The summed E-state index contributed by atoms with van der Waals surface area (Å²) < 4.78 is 0. The van der Waals surface area contributed by atoms with Crippen LogP contribution in [0.5, 0.6) is 0 Å². The molecule has 0 aromatic heterocycles. The Kier molecular flexibility index (Phi) is 7.52. The number of benzene rings is 2. The molecular weight excluding hydrogens is 290 g/mol. The van der Waals surface area contributed by atoms with E-state index in [1.165, 1.54) is 24.2 Å². The van der Waals surface area contributed by atoms with Crippen LogP contribution in [0, 0.1) is 11.8 Å². The predicted octanol–water partition coefficient (Wildman–Crippen LogP) is 5.45. The highest BCUT2D eigenvalue weighted by Gasteiger charge is 2.21. The Morgan fingerprint density at radius 3 is 1.33 bits per heavy atom. The van der Waals surface area contributed by atoms with Crippen molar-refractivity contribution in [2.24, 2.45) is 11.8 Å². The molecule has 1 heteroatoms. The Morgan fingerprint density at radius 2 is 1.00 bits per heavy atom. The number of rotatable bonds is 9. The Morgan fingerprint density at radius 1 is 0.625 bits per heavy atom. The lowest BCUT2D eigenvalue weighted by atomic mass is 9.96. The van der Waals surface area contributed by atoms with E-state index in [4.69, 9.17) is 0 Å². The zero-order valence-corrected chi connectivity index (χ0v) is 15.8. The molecule has 0 spiro atoms. The van der Waals surface area contributed by atoms with Gasteiger partial charge in [-0.25, -0.2) is 0 Å². The molecular formula is C23H33N. The minimum atomic E-state index is 0.555. The van der Waals surface area contributed by atoms with Crippen LogP contribution in [-0.2, 0) is 12.8 Å². The van der Waals surface area contributed by atoms with Crippen LogP contribution >= 0.6 is 0 Å². The third kappa shape index (κ3) is 6.49. The summed E-state index contributed by atoms with van der Waals surface area (Å²) in [7, 11) is 0. The van der Waals surface area contributed by atoms with E-state index in [1.54, 1.807) is 0 Å². The monoisotopic (exact) mass is 323 g/mol. The van der Waals surface area contributed by atoms with Crippen LogP contribution in [0.25, 0.3) is 0 Å². The van der Waals surface area contributed by atoms with Gasteiger partial charge in [0, 0.05) is 19.1 Å². The molecule has 0 aliphatic heterocycles. The molecule has 0 aliphatic rings. The zero-order chi connectivity index (χ0) is 17.4. The van der Waals surface area contributed by atoms with Crippen molar-refractivity contribution >= 4 is 0 Å². The van der Waals surface area contributed by atoms with Crippen molar-refractivity contribution in [1.82, 2.24) is 4.90 Å². The predicted molar refractivity (Wildman–Crippen MR) is 105 cm³/mol. The minimum absolute atomic E-state index is 0.555. The van der Waals surface area contributed by atoms with Gasteiger partial charge in [-0.05, 0) is 35.8 Å². The summed E-state index contributed by atoms with van der Waals surface area (Å²) in [6, 6.07) is 22.5. The smallest absolute Gasteiger partial charge is 0.0176 e. The molecule has 2 rings (SSSR count). The first kappa shape index (κ1) is 18.7. The molecule has 0 amide bonds. The summed E-state index contributed by atoms with van der Waals surface area (Å²) in [5.41, 5.74) is 2.88. The molecule has 0 radical (unpaired) electrons. The van der Waals surface area contributed by atoms with E-state index in [0.717, 1.165) is 12.8 Å². The van der Waals surface area contributed by atoms with E-state index in [9.17, 15) is 0 Å². The first-order chi connectivity index (χ1) is 11.5. The Balaban J connectivity index is 2.21. The maximum atomic E-state index is 2.72. The Hall–Kier alpha value is -1.60. The lowest BCUT2D eigenvalue weighted by Gasteiger charge is -2.35. The molecule has 0 saturated carbocycles. The van der Waals surface area contributed by atoms with Crippen molar-refractivity contribution in [1.29, 1.82) is 0 Å². The van der Waals surface area contributed by atoms with Gasteiger partial charge in [-0.1, -0.05) is 88.4 Å². The van der Waals surface area contributed by atoms with E-state index in [1.807, 2.05) is 0 Å². The average Bonchev–Trinajstić information content (AvgIpc) is 2.55.